The maximum Gasteiger partial charge on any atom is 0.253 e. The van der Waals surface area contributed by atoms with Gasteiger partial charge in [-0.25, -0.2) is 0 Å². The van der Waals surface area contributed by atoms with Gasteiger partial charge in [-0.05, 0) is 74.1 Å². The zero-order valence-electron chi connectivity index (χ0n) is 24.6. The number of unbranched alkanes of at least 4 members (excludes halogenated alkanes) is 1. The van der Waals surface area contributed by atoms with Crippen LogP contribution in [0.4, 0.5) is 17.1 Å². The van der Waals surface area contributed by atoms with Gasteiger partial charge in [-0.3, -0.25) is 19.4 Å². The molecule has 8 nitrogen and oxygen atoms in total. The number of hydrogen-bond acceptors (Lipinski definition) is 5. The van der Waals surface area contributed by atoms with E-state index in [2.05, 4.69) is 12.2 Å². The van der Waals surface area contributed by atoms with Gasteiger partial charge in [0, 0.05) is 50.5 Å². The Hall–Kier alpha value is -4.30. The fourth-order valence-electron chi connectivity index (χ4n) is 4.81. The Labute approximate surface area is 242 Å². The van der Waals surface area contributed by atoms with Crippen LogP contribution in [0.1, 0.15) is 53.6 Å². The third-order valence-electron chi connectivity index (χ3n) is 7.30. The van der Waals surface area contributed by atoms with Gasteiger partial charge in [0.05, 0.1) is 11.4 Å². The van der Waals surface area contributed by atoms with Gasteiger partial charge in [0.15, 0.2) is 0 Å². The lowest BCUT2D eigenvalue weighted by atomic mass is 9.89. The zero-order valence-corrected chi connectivity index (χ0v) is 24.6. The van der Waals surface area contributed by atoms with Gasteiger partial charge in [-0.1, -0.05) is 43.7 Å². The Balaban J connectivity index is 1.68. The van der Waals surface area contributed by atoms with Gasteiger partial charge >= 0.3 is 0 Å². The second-order valence-corrected chi connectivity index (χ2v) is 10.7. The molecule has 1 heterocycles. The smallest absolute Gasteiger partial charge is 0.253 e. The summed E-state index contributed by atoms with van der Waals surface area (Å²) in [5.74, 6) is -0.910. The molecule has 1 aliphatic rings. The summed E-state index contributed by atoms with van der Waals surface area (Å²) in [5.41, 5.74) is 4.80. The lowest BCUT2D eigenvalue weighted by Crippen LogP contribution is -2.29. The lowest BCUT2D eigenvalue weighted by Gasteiger charge is -2.19. The van der Waals surface area contributed by atoms with Crippen LogP contribution >= 0.6 is 0 Å². The van der Waals surface area contributed by atoms with Crippen LogP contribution in [0.25, 0.3) is 0 Å². The molecule has 3 amide bonds. The molecule has 1 unspecified atom stereocenters. The quantitative estimate of drug-likeness (QED) is 0.325. The molecule has 1 atom stereocenters. The monoisotopic (exact) mass is 553 g/mol. The molecule has 0 radical (unpaired) electrons. The fourth-order valence-corrected chi connectivity index (χ4v) is 4.81. The first-order valence-corrected chi connectivity index (χ1v) is 14.0. The van der Waals surface area contributed by atoms with Crippen molar-refractivity contribution in [2.24, 2.45) is 4.99 Å². The zero-order chi connectivity index (χ0) is 29.5. The number of aliphatic imine (C=N–C) groups is 1. The van der Waals surface area contributed by atoms with Crippen molar-refractivity contribution in [1.29, 1.82) is 0 Å². The molecule has 0 spiro atoms. The maximum absolute atomic E-state index is 13.4. The third kappa shape index (κ3) is 7.08. The minimum absolute atomic E-state index is 0.0323. The summed E-state index contributed by atoms with van der Waals surface area (Å²) >= 11 is 0. The predicted octanol–water partition coefficient (Wildman–Crippen LogP) is 5.33. The molecule has 0 aromatic heterocycles. The highest BCUT2D eigenvalue weighted by Crippen LogP contribution is 2.37. The second kappa shape index (κ2) is 13.4. The molecule has 1 N–H and O–H groups in total. The van der Waals surface area contributed by atoms with Gasteiger partial charge in [0.1, 0.15) is 5.92 Å². The van der Waals surface area contributed by atoms with Gasteiger partial charge < -0.3 is 20.0 Å². The van der Waals surface area contributed by atoms with E-state index in [1.807, 2.05) is 79.7 Å². The molecular weight excluding hydrogens is 514 g/mol. The van der Waals surface area contributed by atoms with E-state index < -0.39 is 5.92 Å². The lowest BCUT2D eigenvalue weighted by molar-refractivity contribution is -0.118. The van der Waals surface area contributed by atoms with Crippen molar-refractivity contribution >= 4 is 40.5 Å². The summed E-state index contributed by atoms with van der Waals surface area (Å²) in [5, 5.41) is 2.98. The van der Waals surface area contributed by atoms with E-state index >= 15 is 0 Å². The van der Waals surface area contributed by atoms with Crippen molar-refractivity contribution in [3.05, 3.63) is 89.5 Å². The van der Waals surface area contributed by atoms with Crippen molar-refractivity contribution in [2.45, 2.75) is 32.1 Å². The number of fused-ring (bicyclic) bond motifs is 1. The van der Waals surface area contributed by atoms with E-state index in [0.717, 1.165) is 29.7 Å². The Kier molecular flexibility index (Phi) is 9.68. The van der Waals surface area contributed by atoms with Crippen LogP contribution in [-0.2, 0) is 9.59 Å². The summed E-state index contributed by atoms with van der Waals surface area (Å²) in [6.45, 7) is 3.45. The Morgan fingerprint density at radius 2 is 1.59 bits per heavy atom. The van der Waals surface area contributed by atoms with E-state index in [9.17, 15) is 14.4 Å². The highest BCUT2D eigenvalue weighted by molar-refractivity contribution is 6.24. The molecule has 0 aliphatic carbocycles. The minimum atomic E-state index is -0.684. The van der Waals surface area contributed by atoms with Crippen molar-refractivity contribution in [3.8, 4) is 0 Å². The molecular formula is C33H39N5O3. The molecule has 1 aliphatic heterocycles. The normalized spacial score (nSPS) is 14.5. The molecule has 41 heavy (non-hydrogen) atoms. The van der Waals surface area contributed by atoms with Crippen molar-refractivity contribution < 1.29 is 14.4 Å². The number of carbonyl (C=O) groups excluding carboxylic acids is 3. The largest absolute Gasteiger partial charge is 0.342 e. The van der Waals surface area contributed by atoms with Gasteiger partial charge in [-0.2, -0.15) is 0 Å². The van der Waals surface area contributed by atoms with Crippen LogP contribution < -0.4 is 10.2 Å². The molecule has 0 fully saturated rings. The highest BCUT2D eigenvalue weighted by atomic mass is 16.2. The predicted molar refractivity (Wildman–Crippen MR) is 165 cm³/mol. The third-order valence-corrected chi connectivity index (χ3v) is 7.30. The van der Waals surface area contributed by atoms with Crippen LogP contribution in [0, 0.1) is 0 Å². The molecule has 0 bridgehead atoms. The first-order chi connectivity index (χ1) is 19.7. The van der Waals surface area contributed by atoms with Gasteiger partial charge in [0.25, 0.3) is 5.91 Å². The summed E-state index contributed by atoms with van der Waals surface area (Å²) in [7, 11) is 7.46. The van der Waals surface area contributed by atoms with Crippen LogP contribution in [0.3, 0.4) is 0 Å². The number of benzene rings is 3. The molecule has 3 aromatic carbocycles. The molecule has 214 valence electrons. The number of amides is 3. The van der Waals surface area contributed by atoms with E-state index in [-0.39, 0.29) is 17.7 Å². The van der Waals surface area contributed by atoms with E-state index in [1.54, 1.807) is 36.0 Å². The van der Waals surface area contributed by atoms with Crippen LogP contribution in [0.2, 0.25) is 0 Å². The van der Waals surface area contributed by atoms with Gasteiger partial charge in [0.2, 0.25) is 11.8 Å². The Morgan fingerprint density at radius 1 is 0.878 bits per heavy atom. The van der Waals surface area contributed by atoms with Crippen LogP contribution in [0.15, 0.2) is 77.8 Å². The van der Waals surface area contributed by atoms with Crippen molar-refractivity contribution in [3.63, 3.8) is 0 Å². The average Bonchev–Trinajstić information content (AvgIpc) is 3.31. The molecule has 3 aromatic rings. The SMILES string of the molecule is CCCCN(C)C(=O)c1ccc2c(c1)C(C(=Nc1ccc(N(C)C(=O)CCN(C)C)cc1)c1ccccc1)C(=O)N2. The highest BCUT2D eigenvalue weighted by Gasteiger charge is 2.36. The van der Waals surface area contributed by atoms with Crippen molar-refractivity contribution in [1.82, 2.24) is 9.80 Å². The van der Waals surface area contributed by atoms with Gasteiger partial charge in [-0.15, -0.1) is 0 Å². The second-order valence-electron chi connectivity index (χ2n) is 10.7. The number of rotatable bonds is 11. The van der Waals surface area contributed by atoms with E-state index in [4.69, 9.17) is 4.99 Å². The summed E-state index contributed by atoms with van der Waals surface area (Å²) in [4.78, 5) is 49.4. The standard InChI is InChI=1S/C33H39N5O3/c1-6-7-20-37(4)33(41)24-13-18-28-27(22-24)30(32(40)35-28)31(23-11-9-8-10-12-23)34-25-14-16-26(17-15-25)38(5)29(39)19-21-36(2)3/h8-18,22,30H,6-7,19-21H2,1-5H3,(H,35,40). The Morgan fingerprint density at radius 3 is 2.24 bits per heavy atom. The summed E-state index contributed by atoms with van der Waals surface area (Å²) in [6.07, 6.45) is 2.36. The number of hydrogen-bond donors (Lipinski definition) is 1. The number of carbonyl (C=O) groups is 3. The molecule has 0 saturated heterocycles. The maximum atomic E-state index is 13.4. The average molecular weight is 554 g/mol. The van der Waals surface area contributed by atoms with Crippen LogP contribution in [0.5, 0.6) is 0 Å². The summed E-state index contributed by atoms with van der Waals surface area (Å²) < 4.78 is 0. The molecule has 0 saturated carbocycles. The number of anilines is 2. The van der Waals surface area contributed by atoms with Crippen LogP contribution in [-0.4, -0.2) is 74.5 Å². The van der Waals surface area contributed by atoms with E-state index in [0.29, 0.717) is 42.2 Å². The first kappa shape index (κ1) is 29.7. The first-order valence-electron chi connectivity index (χ1n) is 14.0. The molecule has 8 heteroatoms. The number of nitrogens with zero attached hydrogens (tertiary/aromatic N) is 4. The Bertz CT molecular complexity index is 1420. The topological polar surface area (TPSA) is 85.3 Å². The number of nitrogens with one attached hydrogen (secondary N) is 1. The molecule has 4 rings (SSSR count). The fraction of sp³-hybridized carbons (Fsp3) is 0.333. The van der Waals surface area contributed by atoms with E-state index in [1.165, 1.54) is 0 Å². The van der Waals surface area contributed by atoms with Crippen molar-refractivity contribution in [2.75, 3.05) is 51.5 Å². The summed E-state index contributed by atoms with van der Waals surface area (Å²) in [6, 6.07) is 22.4. The minimum Gasteiger partial charge on any atom is -0.342 e.